The number of hydrogen-bond acceptors (Lipinski definition) is 9. The third-order valence-corrected chi connectivity index (χ3v) is 5.62. The Morgan fingerprint density at radius 2 is 2.03 bits per heavy atom. The van der Waals surface area contributed by atoms with Gasteiger partial charge in [0.1, 0.15) is 16.4 Å². The van der Waals surface area contributed by atoms with Gasteiger partial charge in [0.2, 0.25) is 5.95 Å². The van der Waals surface area contributed by atoms with Crippen LogP contribution in [0.25, 0.3) is 21.5 Å². The Morgan fingerprint density at radius 3 is 2.81 bits per heavy atom. The van der Waals surface area contributed by atoms with Crippen LogP contribution >= 0.6 is 22.9 Å². The van der Waals surface area contributed by atoms with Crippen molar-refractivity contribution in [1.29, 1.82) is 0 Å². The van der Waals surface area contributed by atoms with Crippen molar-refractivity contribution >= 4 is 50.3 Å². The van der Waals surface area contributed by atoms with Crippen molar-refractivity contribution in [2.45, 2.75) is 6.92 Å². The number of anilines is 2. The van der Waals surface area contributed by atoms with E-state index in [0.717, 1.165) is 5.56 Å². The number of nitrogens with zero attached hydrogens (tertiary/aromatic N) is 4. The van der Waals surface area contributed by atoms with Gasteiger partial charge in [0, 0.05) is 17.7 Å². The molecule has 3 N–H and O–H groups in total. The minimum atomic E-state index is -0.333. The van der Waals surface area contributed by atoms with Crippen LogP contribution in [0.4, 0.5) is 11.1 Å². The van der Waals surface area contributed by atoms with E-state index in [2.05, 4.69) is 30.6 Å². The summed E-state index contributed by atoms with van der Waals surface area (Å²) >= 11 is 7.34. The van der Waals surface area contributed by atoms with E-state index >= 15 is 0 Å². The molecule has 32 heavy (non-hydrogen) atoms. The number of methoxy groups -OCH3 is 1. The summed E-state index contributed by atoms with van der Waals surface area (Å²) in [6.45, 7) is 2.25. The first-order valence-corrected chi connectivity index (χ1v) is 10.8. The van der Waals surface area contributed by atoms with Crippen LogP contribution in [0, 0.1) is 6.92 Å². The number of halogens is 1. The fourth-order valence-corrected chi connectivity index (χ4v) is 4.04. The maximum atomic E-state index is 13.2. The Hall–Kier alpha value is -3.34. The van der Waals surface area contributed by atoms with Crippen LogP contribution in [0.5, 0.6) is 5.75 Å². The highest BCUT2D eigenvalue weighted by Crippen LogP contribution is 2.35. The molecule has 0 spiro atoms. The molecular formula is C21H19ClN6O3S. The number of nitrogens with one attached hydrogen (secondary N) is 2. The summed E-state index contributed by atoms with van der Waals surface area (Å²) in [5.74, 6) is 0.559. The van der Waals surface area contributed by atoms with Gasteiger partial charge in [-0.25, -0.2) is 19.9 Å². The fraction of sp³-hybridized carbons (Fsp3) is 0.190. The molecule has 0 aliphatic carbocycles. The van der Waals surface area contributed by atoms with Gasteiger partial charge in [0.15, 0.2) is 9.96 Å². The lowest BCUT2D eigenvalue weighted by molar-refractivity contribution is 0.102. The van der Waals surface area contributed by atoms with Crippen LogP contribution in [-0.2, 0) is 0 Å². The number of pyridine rings is 1. The van der Waals surface area contributed by atoms with Crippen LogP contribution < -0.4 is 15.4 Å². The molecule has 0 aliphatic heterocycles. The molecule has 0 saturated heterocycles. The minimum absolute atomic E-state index is 0.0300. The Balaban J connectivity index is 1.67. The summed E-state index contributed by atoms with van der Waals surface area (Å²) in [7, 11) is 1.54. The quantitative estimate of drug-likeness (QED) is 0.349. The molecule has 164 valence electrons. The maximum absolute atomic E-state index is 13.2. The van der Waals surface area contributed by atoms with Crippen LogP contribution in [0.2, 0.25) is 5.15 Å². The van der Waals surface area contributed by atoms with Crippen molar-refractivity contribution in [3.05, 3.63) is 52.9 Å². The van der Waals surface area contributed by atoms with Crippen LogP contribution in [0.1, 0.15) is 15.9 Å². The normalized spacial score (nSPS) is 10.9. The third-order valence-electron chi connectivity index (χ3n) is 4.53. The summed E-state index contributed by atoms with van der Waals surface area (Å²) < 4.78 is 5.43. The zero-order chi connectivity index (χ0) is 22.7. The van der Waals surface area contributed by atoms with E-state index in [9.17, 15) is 4.79 Å². The number of amides is 1. The van der Waals surface area contributed by atoms with E-state index < -0.39 is 0 Å². The molecule has 0 fully saturated rings. The summed E-state index contributed by atoms with van der Waals surface area (Å²) in [6.07, 6.45) is 3.09. The molecule has 0 saturated carbocycles. The van der Waals surface area contributed by atoms with E-state index in [1.807, 2.05) is 19.1 Å². The van der Waals surface area contributed by atoms with Gasteiger partial charge in [-0.1, -0.05) is 40.6 Å². The van der Waals surface area contributed by atoms with Crippen LogP contribution in [0.3, 0.4) is 0 Å². The highest BCUT2D eigenvalue weighted by molar-refractivity contribution is 7.22. The molecule has 4 aromatic rings. The molecule has 11 heteroatoms. The summed E-state index contributed by atoms with van der Waals surface area (Å²) in [4.78, 5) is 30.7. The third kappa shape index (κ3) is 4.62. The van der Waals surface area contributed by atoms with Crippen molar-refractivity contribution in [3.63, 3.8) is 0 Å². The molecule has 1 amide bonds. The number of aliphatic hydroxyl groups excluding tert-OH is 1. The zero-order valence-corrected chi connectivity index (χ0v) is 18.8. The second-order valence-electron chi connectivity index (χ2n) is 6.76. The summed E-state index contributed by atoms with van der Waals surface area (Å²) in [6, 6.07) is 7.17. The number of fused-ring (bicyclic) bond motifs is 1. The number of benzene rings is 1. The standard InChI is InChI=1S/C21H19ClN6O3S/c1-11-3-4-12(13(7-11)14-8-17(22)24-10-16(14)31-2)18(30)27-21-26-15-9-25-20(23-5-6-29)28-19(15)32-21/h3-4,7-10,29H,5-6H2,1-2H3,(H,23,25,28)(H,26,27,30). The van der Waals surface area contributed by atoms with Crippen LogP contribution in [-0.4, -0.2) is 51.2 Å². The van der Waals surface area contributed by atoms with E-state index in [4.69, 9.17) is 21.4 Å². The van der Waals surface area contributed by atoms with Crippen molar-refractivity contribution < 1.29 is 14.6 Å². The van der Waals surface area contributed by atoms with Gasteiger partial charge in [0.05, 0.1) is 26.1 Å². The first-order chi connectivity index (χ1) is 15.5. The Labute approximate surface area is 192 Å². The van der Waals surface area contributed by atoms with Crippen molar-refractivity contribution in [2.24, 2.45) is 0 Å². The number of carbonyl (C=O) groups is 1. The number of ether oxygens (including phenoxy) is 1. The fourth-order valence-electron chi connectivity index (χ4n) is 3.08. The predicted octanol–water partition coefficient (Wildman–Crippen LogP) is 3.78. The first kappa shape index (κ1) is 21.9. The number of thiazole rings is 1. The number of aryl methyl sites for hydroxylation is 1. The number of hydrogen-bond donors (Lipinski definition) is 3. The van der Waals surface area contributed by atoms with E-state index in [-0.39, 0.29) is 12.5 Å². The topological polar surface area (TPSA) is 122 Å². The lowest BCUT2D eigenvalue weighted by Crippen LogP contribution is -2.13. The van der Waals surface area contributed by atoms with Crippen molar-refractivity contribution in [1.82, 2.24) is 19.9 Å². The Kier molecular flexibility index (Phi) is 6.45. The van der Waals surface area contributed by atoms with Crippen LogP contribution in [0.15, 0.2) is 36.7 Å². The predicted molar refractivity (Wildman–Crippen MR) is 125 cm³/mol. The number of rotatable bonds is 7. The molecule has 0 radical (unpaired) electrons. The van der Waals surface area contributed by atoms with E-state index in [0.29, 0.717) is 55.6 Å². The summed E-state index contributed by atoms with van der Waals surface area (Å²) in [5.41, 5.74) is 3.30. The lowest BCUT2D eigenvalue weighted by Gasteiger charge is -2.13. The van der Waals surface area contributed by atoms with Crippen molar-refractivity contribution in [2.75, 3.05) is 30.9 Å². The average Bonchev–Trinajstić information content (AvgIpc) is 3.18. The van der Waals surface area contributed by atoms with E-state index in [1.54, 1.807) is 18.3 Å². The maximum Gasteiger partial charge on any atom is 0.258 e. The Bertz CT molecular complexity index is 1300. The zero-order valence-electron chi connectivity index (χ0n) is 17.2. The highest BCUT2D eigenvalue weighted by atomic mass is 35.5. The minimum Gasteiger partial charge on any atom is -0.494 e. The first-order valence-electron chi connectivity index (χ1n) is 9.58. The molecule has 3 aromatic heterocycles. The SMILES string of the molecule is COc1cnc(Cl)cc1-c1cc(C)ccc1C(=O)Nc1nc2cnc(NCCO)nc2s1. The van der Waals surface area contributed by atoms with Gasteiger partial charge < -0.3 is 15.2 Å². The number of aliphatic hydroxyl groups is 1. The smallest absolute Gasteiger partial charge is 0.258 e. The van der Waals surface area contributed by atoms with Gasteiger partial charge in [0.25, 0.3) is 5.91 Å². The average molecular weight is 471 g/mol. The number of carbonyl (C=O) groups excluding carboxylic acids is 1. The largest absolute Gasteiger partial charge is 0.494 e. The molecule has 0 aliphatic rings. The van der Waals surface area contributed by atoms with Gasteiger partial charge in [-0.3, -0.25) is 10.1 Å². The molecule has 1 aromatic carbocycles. The number of aromatic nitrogens is 4. The van der Waals surface area contributed by atoms with Gasteiger partial charge in [-0.2, -0.15) is 0 Å². The Morgan fingerprint density at radius 1 is 1.19 bits per heavy atom. The van der Waals surface area contributed by atoms with E-state index in [1.165, 1.54) is 24.6 Å². The summed E-state index contributed by atoms with van der Waals surface area (Å²) in [5, 5.41) is 15.4. The van der Waals surface area contributed by atoms with Crippen molar-refractivity contribution in [3.8, 4) is 16.9 Å². The molecular weight excluding hydrogens is 452 g/mol. The second kappa shape index (κ2) is 9.43. The highest BCUT2D eigenvalue weighted by Gasteiger charge is 2.19. The molecule has 0 atom stereocenters. The second-order valence-corrected chi connectivity index (χ2v) is 8.13. The molecule has 9 nitrogen and oxygen atoms in total. The van der Waals surface area contributed by atoms with Gasteiger partial charge >= 0.3 is 0 Å². The molecule has 4 rings (SSSR count). The van der Waals surface area contributed by atoms with Gasteiger partial charge in [-0.15, -0.1) is 0 Å². The molecule has 3 heterocycles. The lowest BCUT2D eigenvalue weighted by atomic mass is 9.97. The monoisotopic (exact) mass is 470 g/mol. The molecule has 0 unspecified atom stereocenters. The van der Waals surface area contributed by atoms with Gasteiger partial charge in [-0.05, 0) is 24.6 Å². The molecule has 0 bridgehead atoms.